The molecule has 2 atom stereocenters. The van der Waals surface area contributed by atoms with Gasteiger partial charge in [-0.2, -0.15) is 74.6 Å². The van der Waals surface area contributed by atoms with Gasteiger partial charge in [-0.25, -0.2) is 4.79 Å². The maximum absolute atomic E-state index is 14.1. The zero-order valence-corrected chi connectivity index (χ0v) is 16.1. The number of rotatable bonds is 7. The van der Waals surface area contributed by atoms with Crippen LogP contribution in [-0.2, 0) is 19.0 Å². The van der Waals surface area contributed by atoms with E-state index in [1.807, 2.05) is 4.74 Å². The third-order valence-corrected chi connectivity index (χ3v) is 3.02. The Bertz CT molecular complexity index is 746. The van der Waals surface area contributed by atoms with E-state index in [1.165, 1.54) is 4.74 Å². The van der Waals surface area contributed by atoms with Gasteiger partial charge in [0.2, 0.25) is 0 Å². The third-order valence-electron chi connectivity index (χ3n) is 3.02. The van der Waals surface area contributed by atoms with Gasteiger partial charge in [0.25, 0.3) is 0 Å². The number of esters is 1. The van der Waals surface area contributed by atoms with E-state index in [9.17, 15) is 79.4 Å². The number of hydrogen-bond donors (Lipinski definition) is 0. The molecular formula is C13H9F17O4. The smallest absolute Gasteiger partial charge is 0.455 e. The van der Waals surface area contributed by atoms with Gasteiger partial charge < -0.3 is 4.74 Å². The maximum Gasteiger partial charge on any atom is 0.462 e. The van der Waals surface area contributed by atoms with Gasteiger partial charge in [-0.15, -0.1) is 0 Å². The second kappa shape index (κ2) is 8.40. The van der Waals surface area contributed by atoms with Crippen molar-refractivity contribution in [3.63, 3.8) is 0 Å². The Morgan fingerprint density at radius 3 is 1.18 bits per heavy atom. The second-order valence-corrected chi connectivity index (χ2v) is 7.00. The first kappa shape index (κ1) is 32.2. The van der Waals surface area contributed by atoms with Gasteiger partial charge in [0.1, 0.15) is 5.60 Å². The van der Waals surface area contributed by atoms with Gasteiger partial charge in [0.05, 0.1) is 0 Å². The molecule has 0 aromatic rings. The SMILES string of the molecule is CC(C)(C)OC(=O)[C@](F)(OC(F)(F)[C@](F)(OC(F)(F)C(F)(F)C(F)(F)F)C(F)(F)F)C(F)(F)F. The van der Waals surface area contributed by atoms with Crippen LogP contribution in [0, 0.1) is 0 Å². The number of alkyl halides is 17. The Hall–Kier alpha value is -1.80. The van der Waals surface area contributed by atoms with E-state index in [2.05, 4.69) is 4.74 Å². The summed E-state index contributed by atoms with van der Waals surface area (Å²) in [5, 5.41) is 0. The predicted molar refractivity (Wildman–Crippen MR) is 68.7 cm³/mol. The van der Waals surface area contributed by atoms with Crippen LogP contribution in [0.1, 0.15) is 20.8 Å². The highest BCUT2D eigenvalue weighted by atomic mass is 19.4. The molecular weight excluding hydrogens is 543 g/mol. The molecule has 0 aliphatic carbocycles. The topological polar surface area (TPSA) is 44.8 Å². The Morgan fingerprint density at radius 1 is 0.529 bits per heavy atom. The zero-order valence-electron chi connectivity index (χ0n) is 16.1. The van der Waals surface area contributed by atoms with Gasteiger partial charge in [-0.1, -0.05) is 0 Å². The van der Waals surface area contributed by atoms with Crippen molar-refractivity contribution < 1.29 is 93.6 Å². The molecule has 0 aromatic heterocycles. The minimum atomic E-state index is -8.05. The van der Waals surface area contributed by atoms with Gasteiger partial charge in [-0.05, 0) is 20.8 Å². The number of ether oxygens (including phenoxy) is 3. The van der Waals surface area contributed by atoms with Crippen LogP contribution < -0.4 is 0 Å². The largest absolute Gasteiger partial charge is 0.462 e. The summed E-state index contributed by atoms with van der Waals surface area (Å²) in [6.45, 7) is 1.87. The summed E-state index contributed by atoms with van der Waals surface area (Å²) in [5.74, 6) is -26.4. The molecule has 4 nitrogen and oxygen atoms in total. The monoisotopic (exact) mass is 552 g/mol. The van der Waals surface area contributed by atoms with Gasteiger partial charge in [0, 0.05) is 0 Å². The van der Waals surface area contributed by atoms with Crippen molar-refractivity contribution in [2.75, 3.05) is 0 Å². The van der Waals surface area contributed by atoms with Crippen LogP contribution in [0.15, 0.2) is 0 Å². The fraction of sp³-hybridized carbons (Fsp3) is 0.923. The molecule has 0 rings (SSSR count). The summed E-state index contributed by atoms with van der Waals surface area (Å²) in [7, 11) is 0. The quantitative estimate of drug-likeness (QED) is 0.279. The molecule has 0 radical (unpaired) electrons. The molecule has 0 unspecified atom stereocenters. The standard InChI is InChI=1S/C13H9F17O4/c1-5(2,3)32-4(31)6(14,9(18,19)20)33-13(29,30)8(17,11(24,25)26)34-12(27,28)7(15,16)10(21,22)23/h1-3H3/t6-,8+/m0/s1. The summed E-state index contributed by atoms with van der Waals surface area (Å²) in [6, 6.07) is 0. The lowest BCUT2D eigenvalue weighted by atomic mass is 10.2. The lowest BCUT2D eigenvalue weighted by Gasteiger charge is -2.40. The highest BCUT2D eigenvalue weighted by Crippen LogP contribution is 2.56. The van der Waals surface area contributed by atoms with E-state index in [-0.39, 0.29) is 0 Å². The van der Waals surface area contributed by atoms with Gasteiger partial charge in [-0.3, -0.25) is 9.47 Å². The molecule has 0 heterocycles. The van der Waals surface area contributed by atoms with Crippen molar-refractivity contribution in [1.82, 2.24) is 0 Å². The highest BCUT2D eigenvalue weighted by Gasteiger charge is 2.85. The molecule has 0 fully saturated rings. The summed E-state index contributed by atoms with van der Waals surface area (Å²) >= 11 is 0. The molecule has 0 amide bonds. The van der Waals surface area contributed by atoms with Crippen molar-refractivity contribution in [2.45, 2.75) is 74.8 Å². The number of halogens is 17. The normalized spacial score (nSPS) is 18.8. The molecule has 0 aromatic carbocycles. The van der Waals surface area contributed by atoms with E-state index >= 15 is 0 Å². The summed E-state index contributed by atoms with van der Waals surface area (Å²) in [5.41, 5.74) is -2.26. The lowest BCUT2D eigenvalue weighted by molar-refractivity contribution is -0.548. The van der Waals surface area contributed by atoms with Crippen LogP contribution in [-0.4, -0.2) is 59.9 Å². The van der Waals surface area contributed by atoms with E-state index in [4.69, 9.17) is 0 Å². The molecule has 34 heavy (non-hydrogen) atoms. The predicted octanol–water partition coefficient (Wildman–Crippen LogP) is 6.20. The summed E-state index contributed by atoms with van der Waals surface area (Å²) < 4.78 is 226. The minimum Gasteiger partial charge on any atom is -0.455 e. The van der Waals surface area contributed by atoms with E-state index in [0.717, 1.165) is 0 Å². The molecule has 0 bridgehead atoms. The molecule has 0 saturated carbocycles. The second-order valence-electron chi connectivity index (χ2n) is 7.00. The summed E-state index contributed by atoms with van der Waals surface area (Å²) in [6.07, 6.45) is -38.6. The molecule has 0 aliphatic rings. The Kier molecular flexibility index (Phi) is 7.96. The molecule has 21 heteroatoms. The number of hydrogen-bond acceptors (Lipinski definition) is 4. The maximum atomic E-state index is 14.1. The van der Waals surface area contributed by atoms with E-state index in [1.54, 1.807) is 0 Å². The van der Waals surface area contributed by atoms with Crippen LogP contribution in [0.25, 0.3) is 0 Å². The highest BCUT2D eigenvalue weighted by molar-refractivity contribution is 5.79. The van der Waals surface area contributed by atoms with Crippen molar-refractivity contribution in [3.05, 3.63) is 0 Å². The Labute approximate surface area is 175 Å². The lowest BCUT2D eigenvalue weighted by Crippen LogP contribution is -2.68. The van der Waals surface area contributed by atoms with E-state index in [0.29, 0.717) is 20.8 Å². The van der Waals surface area contributed by atoms with Crippen molar-refractivity contribution in [3.8, 4) is 0 Å². The molecule has 0 N–H and O–H groups in total. The summed E-state index contributed by atoms with van der Waals surface area (Å²) in [4.78, 5) is 11.3. The van der Waals surface area contributed by atoms with E-state index < -0.39 is 59.9 Å². The average Bonchev–Trinajstić information content (AvgIpc) is 2.48. The van der Waals surface area contributed by atoms with Crippen LogP contribution >= 0.6 is 0 Å². The molecule has 0 saturated heterocycles. The van der Waals surface area contributed by atoms with Crippen molar-refractivity contribution in [1.29, 1.82) is 0 Å². The van der Waals surface area contributed by atoms with Crippen LogP contribution in [0.5, 0.6) is 0 Å². The zero-order chi connectivity index (χ0) is 28.2. The average molecular weight is 552 g/mol. The van der Waals surface area contributed by atoms with Crippen LogP contribution in [0.2, 0.25) is 0 Å². The first-order chi connectivity index (χ1) is 14.3. The van der Waals surface area contributed by atoms with Crippen LogP contribution in [0.4, 0.5) is 74.6 Å². The van der Waals surface area contributed by atoms with Crippen LogP contribution in [0.3, 0.4) is 0 Å². The van der Waals surface area contributed by atoms with Crippen molar-refractivity contribution >= 4 is 5.97 Å². The first-order valence-corrected chi connectivity index (χ1v) is 7.64. The minimum absolute atomic E-state index is 0.623. The van der Waals surface area contributed by atoms with Gasteiger partial charge >= 0.3 is 54.3 Å². The molecule has 204 valence electrons. The van der Waals surface area contributed by atoms with Gasteiger partial charge in [0.15, 0.2) is 0 Å². The fourth-order valence-corrected chi connectivity index (χ4v) is 1.49. The first-order valence-electron chi connectivity index (χ1n) is 7.64. The van der Waals surface area contributed by atoms with Crippen molar-refractivity contribution in [2.24, 2.45) is 0 Å². The third kappa shape index (κ3) is 5.88. The molecule has 0 aliphatic heterocycles. The fourth-order valence-electron chi connectivity index (χ4n) is 1.49. The Balaban J connectivity index is 6.79. The molecule has 0 spiro atoms. The Morgan fingerprint density at radius 2 is 0.912 bits per heavy atom. The number of carbonyl (C=O) groups is 1. The number of carbonyl (C=O) groups excluding carboxylic acids is 1.